The maximum absolute atomic E-state index is 12.7. The average Bonchev–Trinajstić information content (AvgIpc) is 2.90. The minimum Gasteiger partial charge on any atom is -0.398 e. The number of hydrogen-bond acceptors (Lipinski definition) is 4. The van der Waals surface area contributed by atoms with Gasteiger partial charge in [-0.25, -0.2) is 4.98 Å². The summed E-state index contributed by atoms with van der Waals surface area (Å²) in [5.74, 6) is -0.629. The summed E-state index contributed by atoms with van der Waals surface area (Å²) in [5, 5.41) is 5.18. The molecule has 2 aromatic rings. The van der Waals surface area contributed by atoms with Crippen LogP contribution < -0.4 is 11.1 Å². The molecule has 1 aromatic heterocycles. The van der Waals surface area contributed by atoms with Gasteiger partial charge in [0.25, 0.3) is 5.91 Å². The number of nitrogen functional groups attached to an aromatic ring is 1. The molecule has 0 bridgehead atoms. The summed E-state index contributed by atoms with van der Waals surface area (Å²) in [6, 6.07) is 3.28. The van der Waals surface area contributed by atoms with E-state index in [0.717, 1.165) is 17.1 Å². The Hall–Kier alpha value is -2.09. The summed E-state index contributed by atoms with van der Waals surface area (Å²) in [4.78, 5) is 15.9. The van der Waals surface area contributed by atoms with E-state index in [1.165, 1.54) is 17.4 Å². The summed E-state index contributed by atoms with van der Waals surface area (Å²) in [5.41, 5.74) is 3.71. The normalized spacial score (nSPS) is 11.4. The predicted molar refractivity (Wildman–Crippen MR) is 74.0 cm³/mol. The number of carbonyl (C=O) groups excluding carboxylic acids is 1. The van der Waals surface area contributed by atoms with Gasteiger partial charge in [0.1, 0.15) is 0 Å². The quantitative estimate of drug-likeness (QED) is 0.853. The second kappa shape index (κ2) is 6.13. The molecule has 112 valence electrons. The Morgan fingerprint density at radius 2 is 2.14 bits per heavy atom. The third-order valence-electron chi connectivity index (χ3n) is 2.76. The lowest BCUT2D eigenvalue weighted by atomic mass is 10.1. The Kier molecular flexibility index (Phi) is 4.46. The fourth-order valence-electron chi connectivity index (χ4n) is 1.77. The van der Waals surface area contributed by atoms with E-state index in [1.807, 2.05) is 5.38 Å². The number of amides is 1. The number of carbonyl (C=O) groups is 1. The van der Waals surface area contributed by atoms with Gasteiger partial charge in [-0.05, 0) is 12.1 Å². The predicted octanol–water partition coefficient (Wildman–Crippen LogP) is 2.72. The lowest BCUT2D eigenvalue weighted by Crippen LogP contribution is -2.27. The first kappa shape index (κ1) is 15.3. The van der Waals surface area contributed by atoms with Crippen LogP contribution in [0.5, 0.6) is 0 Å². The molecule has 0 saturated carbocycles. The number of para-hydroxylation sites is 1. The van der Waals surface area contributed by atoms with Crippen molar-refractivity contribution in [2.45, 2.75) is 12.6 Å². The lowest BCUT2D eigenvalue weighted by Gasteiger charge is -2.13. The molecule has 0 unspecified atom stereocenters. The minimum atomic E-state index is -4.58. The molecule has 0 aliphatic carbocycles. The molecule has 8 heteroatoms. The van der Waals surface area contributed by atoms with Gasteiger partial charge in [0.2, 0.25) is 0 Å². The standard InChI is InChI=1S/C13H12F3N3OS/c14-13(15,16)9-3-1-2-8(11(9)17)12(20)19-5-4-10-18-6-7-21-10/h1-3,6-7H,4-5,17H2,(H,19,20). The van der Waals surface area contributed by atoms with E-state index in [4.69, 9.17) is 5.73 Å². The zero-order valence-electron chi connectivity index (χ0n) is 10.8. The van der Waals surface area contributed by atoms with Crippen LogP contribution >= 0.6 is 11.3 Å². The number of nitrogens with two attached hydrogens (primary N) is 1. The molecule has 3 N–H and O–H groups in total. The number of alkyl halides is 3. The van der Waals surface area contributed by atoms with Crippen molar-refractivity contribution in [2.24, 2.45) is 0 Å². The van der Waals surface area contributed by atoms with Crippen molar-refractivity contribution in [1.29, 1.82) is 0 Å². The fourth-order valence-corrected chi connectivity index (χ4v) is 2.39. The molecule has 0 spiro atoms. The highest BCUT2D eigenvalue weighted by Crippen LogP contribution is 2.34. The number of rotatable bonds is 4. The first-order valence-electron chi connectivity index (χ1n) is 6.02. The fraction of sp³-hybridized carbons (Fsp3) is 0.231. The van der Waals surface area contributed by atoms with Gasteiger partial charge in [-0.2, -0.15) is 13.2 Å². The van der Waals surface area contributed by atoms with Gasteiger partial charge in [0.15, 0.2) is 0 Å². The molecule has 0 aliphatic heterocycles. The van der Waals surface area contributed by atoms with E-state index in [9.17, 15) is 18.0 Å². The van der Waals surface area contributed by atoms with Crippen molar-refractivity contribution >= 4 is 22.9 Å². The summed E-state index contributed by atoms with van der Waals surface area (Å²) >= 11 is 1.44. The van der Waals surface area contributed by atoms with Crippen LogP contribution in [0.4, 0.5) is 18.9 Å². The van der Waals surface area contributed by atoms with Crippen LogP contribution in [0.1, 0.15) is 20.9 Å². The molecule has 21 heavy (non-hydrogen) atoms. The van der Waals surface area contributed by atoms with Crippen molar-refractivity contribution in [3.05, 3.63) is 45.9 Å². The van der Waals surface area contributed by atoms with Gasteiger partial charge >= 0.3 is 6.18 Å². The molecule has 0 fully saturated rings. The molecule has 0 atom stereocenters. The SMILES string of the molecule is Nc1c(C(=O)NCCc2nccs2)cccc1C(F)(F)F. The van der Waals surface area contributed by atoms with Crippen LogP contribution in [-0.2, 0) is 12.6 Å². The Balaban J connectivity index is 2.05. The van der Waals surface area contributed by atoms with Gasteiger partial charge in [0.05, 0.1) is 21.8 Å². The number of nitrogens with one attached hydrogen (secondary N) is 1. The molecule has 4 nitrogen and oxygen atoms in total. The van der Waals surface area contributed by atoms with Gasteiger partial charge < -0.3 is 11.1 Å². The lowest BCUT2D eigenvalue weighted by molar-refractivity contribution is -0.136. The molecular formula is C13H12F3N3OS. The van der Waals surface area contributed by atoms with E-state index >= 15 is 0 Å². The topological polar surface area (TPSA) is 68.0 Å². The summed E-state index contributed by atoms with van der Waals surface area (Å²) in [7, 11) is 0. The third kappa shape index (κ3) is 3.72. The van der Waals surface area contributed by atoms with Crippen LogP contribution in [0.2, 0.25) is 0 Å². The molecular weight excluding hydrogens is 303 g/mol. The number of nitrogens with zero attached hydrogens (tertiary/aromatic N) is 1. The van der Waals surface area contributed by atoms with E-state index in [2.05, 4.69) is 10.3 Å². The summed E-state index contributed by atoms with van der Waals surface area (Å²) in [6.07, 6.45) is -2.42. The van der Waals surface area contributed by atoms with Crippen molar-refractivity contribution in [3.8, 4) is 0 Å². The van der Waals surface area contributed by atoms with Crippen LogP contribution in [0, 0.1) is 0 Å². The van der Waals surface area contributed by atoms with Crippen molar-refractivity contribution in [3.63, 3.8) is 0 Å². The van der Waals surface area contributed by atoms with Crippen LogP contribution in [0.3, 0.4) is 0 Å². The molecule has 2 rings (SSSR count). The summed E-state index contributed by atoms with van der Waals surface area (Å²) < 4.78 is 38.1. The van der Waals surface area contributed by atoms with Crippen molar-refractivity contribution < 1.29 is 18.0 Å². The third-order valence-corrected chi connectivity index (χ3v) is 3.60. The largest absolute Gasteiger partial charge is 0.418 e. The molecule has 1 heterocycles. The highest BCUT2D eigenvalue weighted by atomic mass is 32.1. The van der Waals surface area contributed by atoms with Crippen LogP contribution in [0.15, 0.2) is 29.8 Å². The smallest absolute Gasteiger partial charge is 0.398 e. The Morgan fingerprint density at radius 1 is 1.38 bits per heavy atom. The highest BCUT2D eigenvalue weighted by Gasteiger charge is 2.34. The first-order valence-corrected chi connectivity index (χ1v) is 6.90. The molecule has 0 saturated heterocycles. The molecule has 0 radical (unpaired) electrons. The van der Waals surface area contributed by atoms with Crippen LogP contribution in [-0.4, -0.2) is 17.4 Å². The molecule has 0 aliphatic rings. The van der Waals surface area contributed by atoms with E-state index in [1.54, 1.807) is 6.20 Å². The Morgan fingerprint density at radius 3 is 2.76 bits per heavy atom. The van der Waals surface area contributed by atoms with Gasteiger partial charge in [-0.15, -0.1) is 11.3 Å². The number of hydrogen-bond donors (Lipinski definition) is 2. The zero-order valence-corrected chi connectivity index (χ0v) is 11.6. The molecule has 1 amide bonds. The maximum Gasteiger partial charge on any atom is 0.418 e. The van der Waals surface area contributed by atoms with Gasteiger partial charge in [0, 0.05) is 24.5 Å². The Labute approximate surface area is 122 Å². The van der Waals surface area contributed by atoms with E-state index in [-0.39, 0.29) is 12.1 Å². The Bertz CT molecular complexity index is 626. The van der Waals surface area contributed by atoms with E-state index in [0.29, 0.717) is 6.42 Å². The number of thiazole rings is 1. The highest BCUT2D eigenvalue weighted by molar-refractivity contribution is 7.09. The summed E-state index contributed by atoms with van der Waals surface area (Å²) in [6.45, 7) is 0.280. The van der Waals surface area contributed by atoms with Gasteiger partial charge in [-0.3, -0.25) is 4.79 Å². The van der Waals surface area contributed by atoms with Crippen LogP contribution in [0.25, 0.3) is 0 Å². The minimum absolute atomic E-state index is 0.177. The monoisotopic (exact) mass is 315 g/mol. The number of benzene rings is 1. The van der Waals surface area contributed by atoms with Crippen molar-refractivity contribution in [1.82, 2.24) is 10.3 Å². The number of aromatic nitrogens is 1. The van der Waals surface area contributed by atoms with Gasteiger partial charge in [-0.1, -0.05) is 6.07 Å². The second-order valence-electron chi connectivity index (χ2n) is 4.20. The maximum atomic E-state index is 12.7. The average molecular weight is 315 g/mol. The molecule has 1 aromatic carbocycles. The van der Waals surface area contributed by atoms with E-state index < -0.39 is 23.3 Å². The van der Waals surface area contributed by atoms with Crippen molar-refractivity contribution in [2.75, 3.05) is 12.3 Å². The first-order chi connectivity index (χ1) is 9.89. The number of halogens is 3. The number of anilines is 1. The second-order valence-corrected chi connectivity index (χ2v) is 5.18. The zero-order chi connectivity index (χ0) is 15.5.